The van der Waals surface area contributed by atoms with Crippen molar-refractivity contribution in [2.45, 2.75) is 19.8 Å². The van der Waals surface area contributed by atoms with E-state index in [1.807, 2.05) is 0 Å². The molecule has 0 saturated heterocycles. The number of anilines is 2. The largest absolute Gasteiger partial charge is 0.380 e. The second kappa shape index (κ2) is 7.40. The molecule has 0 spiro atoms. The molecule has 16 heavy (non-hydrogen) atoms. The van der Waals surface area contributed by atoms with Crippen molar-refractivity contribution < 1.29 is 4.74 Å². The van der Waals surface area contributed by atoms with Gasteiger partial charge in [-0.3, -0.25) is 0 Å². The molecule has 0 fully saturated rings. The number of nitrogens with zero attached hydrogens (tertiary/aromatic N) is 2. The average molecular weight is 289 g/mol. The first-order chi connectivity index (χ1) is 7.74. The zero-order chi connectivity index (χ0) is 11.8. The predicted molar refractivity (Wildman–Crippen MR) is 68.4 cm³/mol. The smallest absolute Gasteiger partial charge is 0.221 e. The molecule has 0 radical (unpaired) electrons. The molecular weight excluding hydrogens is 272 g/mol. The van der Waals surface area contributed by atoms with E-state index < -0.39 is 0 Å². The van der Waals surface area contributed by atoms with Gasteiger partial charge in [0.1, 0.15) is 5.82 Å². The summed E-state index contributed by atoms with van der Waals surface area (Å²) < 4.78 is 6.21. The molecule has 0 aliphatic heterocycles. The Balaban J connectivity index is 2.23. The molecule has 1 rings (SSSR count). The van der Waals surface area contributed by atoms with Crippen molar-refractivity contribution in [2.75, 3.05) is 30.8 Å². The van der Waals surface area contributed by atoms with Crippen molar-refractivity contribution in [3.8, 4) is 0 Å². The van der Waals surface area contributed by atoms with Crippen LogP contribution in [0.5, 0.6) is 0 Å². The fourth-order valence-electron chi connectivity index (χ4n) is 1.09. The van der Waals surface area contributed by atoms with Crippen molar-refractivity contribution in [3.63, 3.8) is 0 Å². The number of nitrogen functional groups attached to an aromatic ring is 1. The standard InChI is InChI=1S/C10H17BrN4O/c1-2-3-5-16-6-4-13-9-8(11)7-14-10(12)15-9/h7H,2-6H2,1H3,(H3,12,13,14,15). The summed E-state index contributed by atoms with van der Waals surface area (Å²) >= 11 is 3.34. The van der Waals surface area contributed by atoms with Crippen LogP contribution in [-0.2, 0) is 4.74 Å². The van der Waals surface area contributed by atoms with Crippen LogP contribution in [0.15, 0.2) is 10.7 Å². The van der Waals surface area contributed by atoms with Crippen LogP contribution in [0.25, 0.3) is 0 Å². The van der Waals surface area contributed by atoms with Crippen LogP contribution in [0.2, 0.25) is 0 Å². The minimum absolute atomic E-state index is 0.262. The topological polar surface area (TPSA) is 73.1 Å². The number of unbranched alkanes of at least 4 members (excludes halogenated alkanes) is 1. The van der Waals surface area contributed by atoms with Crippen LogP contribution in [0.4, 0.5) is 11.8 Å². The van der Waals surface area contributed by atoms with Gasteiger partial charge in [0.2, 0.25) is 5.95 Å². The Kier molecular flexibility index (Phi) is 6.10. The van der Waals surface area contributed by atoms with Crippen molar-refractivity contribution in [3.05, 3.63) is 10.7 Å². The van der Waals surface area contributed by atoms with Gasteiger partial charge in [0.25, 0.3) is 0 Å². The van der Waals surface area contributed by atoms with E-state index in [4.69, 9.17) is 10.5 Å². The number of nitrogens with two attached hydrogens (primary N) is 1. The molecule has 5 nitrogen and oxygen atoms in total. The van der Waals surface area contributed by atoms with Crippen LogP contribution in [-0.4, -0.2) is 29.7 Å². The van der Waals surface area contributed by atoms with E-state index in [-0.39, 0.29) is 5.95 Å². The summed E-state index contributed by atoms with van der Waals surface area (Å²) in [6.07, 6.45) is 3.88. The highest BCUT2D eigenvalue weighted by Gasteiger charge is 2.01. The maximum atomic E-state index is 5.48. The van der Waals surface area contributed by atoms with Gasteiger partial charge in [0, 0.05) is 19.3 Å². The molecule has 1 aromatic rings. The third-order valence-electron chi connectivity index (χ3n) is 1.94. The van der Waals surface area contributed by atoms with Gasteiger partial charge in [-0.2, -0.15) is 4.98 Å². The molecular formula is C10H17BrN4O. The Morgan fingerprint density at radius 2 is 2.31 bits per heavy atom. The molecule has 0 aliphatic rings. The summed E-state index contributed by atoms with van der Waals surface area (Å²) in [5.74, 6) is 0.962. The van der Waals surface area contributed by atoms with E-state index in [0.717, 1.165) is 23.9 Å². The molecule has 1 aromatic heterocycles. The number of hydrogen-bond donors (Lipinski definition) is 2. The van der Waals surface area contributed by atoms with E-state index >= 15 is 0 Å². The van der Waals surface area contributed by atoms with E-state index in [1.54, 1.807) is 6.20 Å². The molecule has 3 N–H and O–H groups in total. The fraction of sp³-hybridized carbons (Fsp3) is 0.600. The van der Waals surface area contributed by atoms with Crippen LogP contribution in [0.3, 0.4) is 0 Å². The lowest BCUT2D eigenvalue weighted by atomic mass is 10.4. The molecule has 0 amide bonds. The third-order valence-corrected chi connectivity index (χ3v) is 2.52. The lowest BCUT2D eigenvalue weighted by Gasteiger charge is -2.08. The minimum Gasteiger partial charge on any atom is -0.380 e. The second-order valence-electron chi connectivity index (χ2n) is 3.32. The van der Waals surface area contributed by atoms with Gasteiger partial charge in [0.05, 0.1) is 11.1 Å². The van der Waals surface area contributed by atoms with Crippen LogP contribution >= 0.6 is 15.9 Å². The molecule has 0 aliphatic carbocycles. The van der Waals surface area contributed by atoms with E-state index in [2.05, 4.69) is 38.1 Å². The first-order valence-corrected chi connectivity index (χ1v) is 6.13. The first kappa shape index (κ1) is 13.2. The number of rotatable bonds is 7. The van der Waals surface area contributed by atoms with Gasteiger partial charge in [-0.05, 0) is 22.4 Å². The Morgan fingerprint density at radius 3 is 3.06 bits per heavy atom. The maximum absolute atomic E-state index is 5.48. The van der Waals surface area contributed by atoms with E-state index in [9.17, 15) is 0 Å². The van der Waals surface area contributed by atoms with Crippen molar-refractivity contribution in [1.82, 2.24) is 9.97 Å². The van der Waals surface area contributed by atoms with Crippen molar-refractivity contribution in [2.24, 2.45) is 0 Å². The molecule has 0 saturated carbocycles. The highest BCUT2D eigenvalue weighted by molar-refractivity contribution is 9.10. The SMILES string of the molecule is CCCCOCCNc1nc(N)ncc1Br. The monoisotopic (exact) mass is 288 g/mol. The highest BCUT2D eigenvalue weighted by atomic mass is 79.9. The molecule has 1 heterocycles. The average Bonchev–Trinajstić information content (AvgIpc) is 2.28. The summed E-state index contributed by atoms with van der Waals surface area (Å²) in [5.41, 5.74) is 5.48. The summed E-state index contributed by atoms with van der Waals surface area (Å²) in [7, 11) is 0. The van der Waals surface area contributed by atoms with Crippen LogP contribution < -0.4 is 11.1 Å². The summed E-state index contributed by atoms with van der Waals surface area (Å²) in [5, 5.41) is 3.13. The normalized spacial score (nSPS) is 10.4. The molecule has 0 atom stereocenters. The quantitative estimate of drug-likeness (QED) is 0.752. The molecule has 0 bridgehead atoms. The van der Waals surface area contributed by atoms with Crippen LogP contribution in [0, 0.1) is 0 Å². The van der Waals surface area contributed by atoms with E-state index in [1.165, 1.54) is 0 Å². The number of hydrogen-bond acceptors (Lipinski definition) is 5. The minimum atomic E-state index is 0.262. The number of nitrogens with one attached hydrogen (secondary N) is 1. The summed E-state index contributed by atoms with van der Waals surface area (Å²) in [4.78, 5) is 7.92. The maximum Gasteiger partial charge on any atom is 0.221 e. The Labute approximate surface area is 104 Å². The molecule has 6 heteroatoms. The summed E-state index contributed by atoms with van der Waals surface area (Å²) in [6.45, 7) is 4.32. The zero-order valence-electron chi connectivity index (χ0n) is 9.37. The van der Waals surface area contributed by atoms with Crippen molar-refractivity contribution in [1.29, 1.82) is 0 Å². The van der Waals surface area contributed by atoms with Gasteiger partial charge in [-0.15, -0.1) is 0 Å². The molecule has 90 valence electrons. The molecule has 0 unspecified atom stereocenters. The Morgan fingerprint density at radius 1 is 1.50 bits per heavy atom. The number of ether oxygens (including phenoxy) is 1. The lowest BCUT2D eigenvalue weighted by Crippen LogP contribution is -2.12. The molecule has 0 aromatic carbocycles. The first-order valence-electron chi connectivity index (χ1n) is 5.33. The van der Waals surface area contributed by atoms with E-state index in [0.29, 0.717) is 19.0 Å². The van der Waals surface area contributed by atoms with Gasteiger partial charge >= 0.3 is 0 Å². The van der Waals surface area contributed by atoms with Gasteiger partial charge < -0.3 is 15.8 Å². The van der Waals surface area contributed by atoms with Crippen LogP contribution in [0.1, 0.15) is 19.8 Å². The van der Waals surface area contributed by atoms with Gasteiger partial charge in [0.15, 0.2) is 0 Å². The van der Waals surface area contributed by atoms with Gasteiger partial charge in [-0.1, -0.05) is 13.3 Å². The number of aromatic nitrogens is 2. The van der Waals surface area contributed by atoms with Crippen molar-refractivity contribution >= 4 is 27.7 Å². The Hall–Kier alpha value is -0.880. The fourth-order valence-corrected chi connectivity index (χ4v) is 1.43. The predicted octanol–water partition coefficient (Wildman–Crippen LogP) is 2.05. The second-order valence-corrected chi connectivity index (χ2v) is 4.17. The summed E-state index contributed by atoms with van der Waals surface area (Å²) in [6, 6.07) is 0. The number of halogens is 1. The highest BCUT2D eigenvalue weighted by Crippen LogP contribution is 2.18. The van der Waals surface area contributed by atoms with Gasteiger partial charge in [-0.25, -0.2) is 4.98 Å². The zero-order valence-corrected chi connectivity index (χ0v) is 11.0. The Bertz CT molecular complexity index is 322. The third kappa shape index (κ3) is 4.76. The lowest BCUT2D eigenvalue weighted by molar-refractivity contribution is 0.141.